The number of allylic oxidation sites excluding steroid dienone is 1. The summed E-state index contributed by atoms with van der Waals surface area (Å²) in [7, 11) is 0. The van der Waals surface area contributed by atoms with E-state index in [-0.39, 0.29) is 24.3 Å². The Labute approximate surface area is 186 Å². The van der Waals surface area contributed by atoms with Crippen LogP contribution in [0.2, 0.25) is 0 Å². The van der Waals surface area contributed by atoms with Crippen LogP contribution in [0.5, 0.6) is 0 Å². The summed E-state index contributed by atoms with van der Waals surface area (Å²) in [4.78, 5) is 57.8. The predicted octanol–water partition coefficient (Wildman–Crippen LogP) is 1.61. The van der Waals surface area contributed by atoms with E-state index in [0.717, 1.165) is 12.0 Å². The minimum atomic E-state index is -1.43. The van der Waals surface area contributed by atoms with Crippen molar-refractivity contribution in [2.75, 3.05) is 18.5 Å². The molecule has 0 radical (unpaired) electrons. The van der Waals surface area contributed by atoms with Gasteiger partial charge in [-0.1, -0.05) is 29.8 Å². The maximum Gasteiger partial charge on any atom is 0.313 e. The first-order chi connectivity index (χ1) is 15.3. The van der Waals surface area contributed by atoms with Gasteiger partial charge in [0, 0.05) is 12.2 Å². The number of hydrogen-bond donors (Lipinski definition) is 1. The molecule has 32 heavy (non-hydrogen) atoms. The highest BCUT2D eigenvalue weighted by molar-refractivity contribution is 6.13. The fourth-order valence-corrected chi connectivity index (χ4v) is 6.13. The predicted molar refractivity (Wildman–Crippen MR) is 115 cm³/mol. The summed E-state index contributed by atoms with van der Waals surface area (Å²) < 4.78 is 5.42. The minimum absolute atomic E-state index is 0.114. The third kappa shape index (κ3) is 2.49. The molecule has 0 aromatic heterocycles. The van der Waals surface area contributed by atoms with Crippen molar-refractivity contribution in [3.05, 3.63) is 41.5 Å². The number of fused-ring (bicyclic) bond motifs is 4. The van der Waals surface area contributed by atoms with Gasteiger partial charge in [-0.2, -0.15) is 0 Å². The number of carbonyl (C=O) groups excluding carboxylic acids is 4. The van der Waals surface area contributed by atoms with E-state index in [2.05, 4.69) is 5.32 Å². The lowest BCUT2D eigenvalue weighted by Gasteiger charge is -2.41. The van der Waals surface area contributed by atoms with Gasteiger partial charge in [0.1, 0.15) is 23.4 Å². The van der Waals surface area contributed by atoms with Crippen molar-refractivity contribution in [1.29, 1.82) is 0 Å². The summed E-state index contributed by atoms with van der Waals surface area (Å²) >= 11 is 0. The molecule has 4 heterocycles. The first-order valence-corrected chi connectivity index (χ1v) is 11.2. The Morgan fingerprint density at radius 2 is 1.97 bits per heavy atom. The highest BCUT2D eigenvalue weighted by Gasteiger charge is 2.73. The Morgan fingerprint density at radius 1 is 1.22 bits per heavy atom. The molecule has 3 saturated heterocycles. The molecular weight excluding hydrogens is 410 g/mol. The van der Waals surface area contributed by atoms with E-state index < -0.39 is 35.4 Å². The normalized spacial score (nSPS) is 32.5. The number of hydrogen-bond acceptors (Lipinski definition) is 5. The van der Waals surface area contributed by atoms with Crippen molar-refractivity contribution in [2.24, 2.45) is 5.92 Å². The van der Waals surface area contributed by atoms with Crippen LogP contribution in [0.4, 0.5) is 5.69 Å². The van der Waals surface area contributed by atoms with Crippen LogP contribution in [0.25, 0.3) is 0 Å². The Hall–Kier alpha value is -3.16. The molecule has 0 aliphatic carbocycles. The topological polar surface area (TPSA) is 96.0 Å². The molecule has 1 spiro atoms. The molecule has 4 aliphatic heterocycles. The zero-order chi connectivity index (χ0) is 22.8. The van der Waals surface area contributed by atoms with Crippen molar-refractivity contribution in [1.82, 2.24) is 9.80 Å². The monoisotopic (exact) mass is 437 g/mol. The van der Waals surface area contributed by atoms with Crippen LogP contribution >= 0.6 is 0 Å². The zero-order valence-electron chi connectivity index (χ0n) is 18.5. The van der Waals surface area contributed by atoms with Crippen LogP contribution in [-0.4, -0.2) is 64.8 Å². The first kappa shape index (κ1) is 20.7. The lowest BCUT2D eigenvalue weighted by Crippen LogP contribution is -2.63. The smallest absolute Gasteiger partial charge is 0.313 e. The quantitative estimate of drug-likeness (QED) is 0.573. The van der Waals surface area contributed by atoms with E-state index in [0.29, 0.717) is 24.2 Å². The van der Waals surface area contributed by atoms with Crippen LogP contribution in [0, 0.1) is 5.92 Å². The molecule has 0 unspecified atom stereocenters. The fourth-order valence-electron chi connectivity index (χ4n) is 6.13. The molecule has 168 valence electrons. The Balaban J connectivity index is 1.81. The highest BCUT2D eigenvalue weighted by atomic mass is 16.5. The molecule has 8 nitrogen and oxygen atoms in total. The Morgan fingerprint density at radius 3 is 2.69 bits per heavy atom. The van der Waals surface area contributed by atoms with Crippen LogP contribution in [0.3, 0.4) is 0 Å². The summed E-state index contributed by atoms with van der Waals surface area (Å²) in [6, 6.07) is 4.82. The molecule has 5 rings (SSSR count). The van der Waals surface area contributed by atoms with Crippen LogP contribution in [0.15, 0.2) is 35.9 Å². The number of nitrogens with one attached hydrogen (secondary N) is 1. The molecule has 3 amide bonds. The maximum atomic E-state index is 13.8. The maximum absolute atomic E-state index is 13.8. The third-order valence-corrected chi connectivity index (χ3v) is 7.23. The lowest BCUT2D eigenvalue weighted by atomic mass is 9.66. The van der Waals surface area contributed by atoms with E-state index in [1.54, 1.807) is 24.0 Å². The zero-order valence-corrected chi connectivity index (χ0v) is 18.5. The number of carbonyl (C=O) groups is 4. The van der Waals surface area contributed by atoms with Gasteiger partial charge < -0.3 is 19.9 Å². The van der Waals surface area contributed by atoms with Gasteiger partial charge in [-0.05, 0) is 45.2 Å². The van der Waals surface area contributed by atoms with E-state index in [4.69, 9.17) is 4.74 Å². The number of amides is 3. The van der Waals surface area contributed by atoms with Gasteiger partial charge in [-0.15, -0.1) is 0 Å². The number of benzene rings is 1. The van der Waals surface area contributed by atoms with Gasteiger partial charge >= 0.3 is 5.97 Å². The molecule has 0 saturated carbocycles. The summed E-state index contributed by atoms with van der Waals surface area (Å²) in [5.41, 5.74) is 0.680. The second kappa shape index (κ2) is 7.18. The summed E-state index contributed by atoms with van der Waals surface area (Å²) in [6.07, 6.45) is 3.19. The molecule has 8 heteroatoms. The molecule has 3 fully saturated rings. The average molecular weight is 437 g/mol. The molecule has 1 aromatic carbocycles. The van der Waals surface area contributed by atoms with Gasteiger partial charge in [0.05, 0.1) is 12.6 Å². The standard InChI is InChI=1S/C24H27N3O5/c1-4-32-22(30)18-19-21(29)26-11-7-10-16(26)20(28)27(19)17(12-13(2)3)24(18)14-8-5-6-9-15(14)25-23(24)31/h5-6,8-9,12,16-19H,4,7,10-11H2,1-3H3,(H,25,31)/t16-,17-,18+,19+,24-/m0/s1. The second-order valence-corrected chi connectivity index (χ2v) is 9.17. The molecular formula is C24H27N3O5. The Kier molecular flexibility index (Phi) is 4.65. The SMILES string of the molecule is CCOC(=O)[C@H]1[C@@H]2C(=O)N3CCC[C@H]3C(=O)N2[C@@H](C=C(C)C)[C@]12C(=O)Nc1ccccc12. The van der Waals surface area contributed by atoms with Crippen molar-refractivity contribution in [3.63, 3.8) is 0 Å². The largest absolute Gasteiger partial charge is 0.466 e. The molecule has 1 N–H and O–H groups in total. The summed E-state index contributed by atoms with van der Waals surface area (Å²) in [6.45, 7) is 6.06. The number of esters is 1. The molecule has 5 atom stereocenters. The van der Waals surface area contributed by atoms with Crippen LogP contribution in [-0.2, 0) is 29.3 Å². The highest BCUT2D eigenvalue weighted by Crippen LogP contribution is 2.56. The second-order valence-electron chi connectivity index (χ2n) is 9.17. The fraction of sp³-hybridized carbons (Fsp3) is 0.500. The van der Waals surface area contributed by atoms with Crippen molar-refractivity contribution >= 4 is 29.4 Å². The van der Waals surface area contributed by atoms with Gasteiger partial charge in [-0.25, -0.2) is 0 Å². The van der Waals surface area contributed by atoms with Gasteiger partial charge in [0.2, 0.25) is 17.7 Å². The molecule has 4 aliphatic rings. The van der Waals surface area contributed by atoms with E-state index in [1.807, 2.05) is 32.1 Å². The van der Waals surface area contributed by atoms with E-state index in [9.17, 15) is 19.2 Å². The number of nitrogens with zero attached hydrogens (tertiary/aromatic N) is 2. The first-order valence-electron chi connectivity index (χ1n) is 11.2. The number of rotatable bonds is 3. The van der Waals surface area contributed by atoms with Gasteiger partial charge in [0.15, 0.2) is 0 Å². The van der Waals surface area contributed by atoms with E-state index in [1.165, 1.54) is 4.90 Å². The Bertz CT molecular complexity index is 1060. The van der Waals surface area contributed by atoms with Crippen molar-refractivity contribution in [2.45, 2.75) is 57.2 Å². The van der Waals surface area contributed by atoms with E-state index >= 15 is 0 Å². The number of para-hydroxylation sites is 1. The summed E-state index contributed by atoms with van der Waals surface area (Å²) in [5, 5.41) is 2.91. The lowest BCUT2D eigenvalue weighted by molar-refractivity contribution is -0.164. The molecule has 0 bridgehead atoms. The van der Waals surface area contributed by atoms with Crippen molar-refractivity contribution in [3.8, 4) is 0 Å². The van der Waals surface area contributed by atoms with Crippen molar-refractivity contribution < 1.29 is 23.9 Å². The molecule has 1 aromatic rings. The van der Waals surface area contributed by atoms with Crippen LogP contribution in [0.1, 0.15) is 39.2 Å². The third-order valence-electron chi connectivity index (χ3n) is 7.23. The number of anilines is 1. The average Bonchev–Trinajstić information content (AvgIpc) is 3.42. The number of ether oxygens (including phenoxy) is 1. The summed E-state index contributed by atoms with van der Waals surface area (Å²) in [5.74, 6) is -2.61. The minimum Gasteiger partial charge on any atom is -0.466 e. The van der Waals surface area contributed by atoms with Gasteiger partial charge in [-0.3, -0.25) is 19.2 Å². The van der Waals surface area contributed by atoms with Crippen LogP contribution < -0.4 is 5.32 Å². The number of piperazine rings is 1. The van der Waals surface area contributed by atoms with Gasteiger partial charge in [0.25, 0.3) is 0 Å².